The minimum Gasteiger partial charge on any atom is -0.493 e. The summed E-state index contributed by atoms with van der Waals surface area (Å²) >= 11 is 0. The minimum absolute atomic E-state index is 0.108. The van der Waals surface area contributed by atoms with Gasteiger partial charge in [-0.25, -0.2) is 14.6 Å². The summed E-state index contributed by atoms with van der Waals surface area (Å²) in [5, 5.41) is 3.82. The van der Waals surface area contributed by atoms with Crippen molar-refractivity contribution in [3.63, 3.8) is 0 Å². The standard InChI is InChI=1S/C24H19FN2O4/c1-30-22-15-18(16-26-27-24(29)19-9-5-6-10-20(19)25)11-13-21(22)31-23(28)14-12-17-7-3-2-4-8-17/h2-16H,1H3,(H,27,29). The topological polar surface area (TPSA) is 77.0 Å². The Labute approximate surface area is 178 Å². The summed E-state index contributed by atoms with van der Waals surface area (Å²) in [7, 11) is 1.44. The zero-order valence-electron chi connectivity index (χ0n) is 16.6. The SMILES string of the molecule is COc1cc(C=NNC(=O)c2ccccc2F)ccc1OC(=O)C=Cc1ccccc1. The Kier molecular flexibility index (Phi) is 7.26. The number of methoxy groups -OCH3 is 1. The highest BCUT2D eigenvalue weighted by atomic mass is 19.1. The number of rotatable bonds is 7. The number of hydrogen-bond acceptors (Lipinski definition) is 5. The number of carbonyl (C=O) groups is 2. The van der Waals surface area contributed by atoms with Crippen LogP contribution in [0.4, 0.5) is 4.39 Å². The van der Waals surface area contributed by atoms with Crippen LogP contribution in [0.15, 0.2) is 84.0 Å². The van der Waals surface area contributed by atoms with Crippen LogP contribution in [-0.2, 0) is 4.79 Å². The van der Waals surface area contributed by atoms with Crippen LogP contribution < -0.4 is 14.9 Å². The van der Waals surface area contributed by atoms with E-state index >= 15 is 0 Å². The van der Waals surface area contributed by atoms with E-state index in [2.05, 4.69) is 10.5 Å². The number of halogens is 1. The van der Waals surface area contributed by atoms with Crippen molar-refractivity contribution in [2.45, 2.75) is 0 Å². The molecule has 0 saturated heterocycles. The lowest BCUT2D eigenvalue weighted by atomic mass is 10.2. The zero-order valence-corrected chi connectivity index (χ0v) is 16.6. The number of hydrogen-bond donors (Lipinski definition) is 1. The number of nitrogens with one attached hydrogen (secondary N) is 1. The van der Waals surface area contributed by atoms with E-state index in [4.69, 9.17) is 9.47 Å². The summed E-state index contributed by atoms with van der Waals surface area (Å²) in [6.45, 7) is 0. The molecule has 0 saturated carbocycles. The largest absolute Gasteiger partial charge is 0.493 e. The molecule has 31 heavy (non-hydrogen) atoms. The van der Waals surface area contributed by atoms with E-state index in [9.17, 15) is 14.0 Å². The molecule has 0 spiro atoms. The Morgan fingerprint density at radius 2 is 1.68 bits per heavy atom. The molecule has 0 radical (unpaired) electrons. The van der Waals surface area contributed by atoms with Gasteiger partial charge < -0.3 is 9.47 Å². The molecule has 3 rings (SSSR count). The van der Waals surface area contributed by atoms with Crippen LogP contribution >= 0.6 is 0 Å². The number of ether oxygens (including phenoxy) is 2. The highest BCUT2D eigenvalue weighted by Gasteiger charge is 2.10. The zero-order chi connectivity index (χ0) is 22.1. The lowest BCUT2D eigenvalue weighted by Crippen LogP contribution is -2.18. The molecule has 1 N–H and O–H groups in total. The maximum Gasteiger partial charge on any atom is 0.336 e. The molecule has 6 nitrogen and oxygen atoms in total. The fourth-order valence-electron chi connectivity index (χ4n) is 2.59. The smallest absolute Gasteiger partial charge is 0.336 e. The lowest BCUT2D eigenvalue weighted by molar-refractivity contribution is -0.129. The van der Waals surface area contributed by atoms with Crippen LogP contribution in [0.1, 0.15) is 21.5 Å². The molecule has 156 valence electrons. The summed E-state index contributed by atoms with van der Waals surface area (Å²) in [5.74, 6) is -1.31. The highest BCUT2D eigenvalue weighted by molar-refractivity contribution is 5.95. The molecule has 3 aromatic carbocycles. The van der Waals surface area contributed by atoms with Gasteiger partial charge in [0.1, 0.15) is 5.82 Å². The third kappa shape index (κ3) is 6.11. The molecule has 0 fully saturated rings. The summed E-state index contributed by atoms with van der Waals surface area (Å²) in [5.41, 5.74) is 3.60. The Balaban J connectivity index is 1.63. The molecule has 0 aliphatic carbocycles. The van der Waals surface area contributed by atoms with Gasteiger partial charge in [0.2, 0.25) is 0 Å². The van der Waals surface area contributed by atoms with Crippen molar-refractivity contribution in [2.24, 2.45) is 5.10 Å². The quantitative estimate of drug-likeness (QED) is 0.205. The molecule has 7 heteroatoms. The minimum atomic E-state index is -0.669. The van der Waals surface area contributed by atoms with Crippen molar-refractivity contribution in [1.82, 2.24) is 5.43 Å². The van der Waals surface area contributed by atoms with Crippen LogP contribution in [0.25, 0.3) is 6.08 Å². The van der Waals surface area contributed by atoms with Gasteiger partial charge in [0.25, 0.3) is 5.91 Å². The molecular formula is C24H19FN2O4. The Bertz CT molecular complexity index is 1130. The summed E-state index contributed by atoms with van der Waals surface area (Å²) < 4.78 is 24.2. The summed E-state index contributed by atoms with van der Waals surface area (Å²) in [6.07, 6.45) is 4.33. The van der Waals surface area contributed by atoms with Crippen LogP contribution in [0.5, 0.6) is 11.5 Å². The molecule has 0 bridgehead atoms. The number of esters is 1. The van der Waals surface area contributed by atoms with E-state index in [1.165, 1.54) is 37.6 Å². The predicted molar refractivity (Wildman–Crippen MR) is 116 cm³/mol. The number of benzene rings is 3. The number of hydrazone groups is 1. The summed E-state index contributed by atoms with van der Waals surface area (Å²) in [4.78, 5) is 24.0. The number of carbonyl (C=O) groups excluding carboxylic acids is 2. The second kappa shape index (κ2) is 10.5. The van der Waals surface area contributed by atoms with Crippen molar-refractivity contribution in [3.8, 4) is 11.5 Å². The van der Waals surface area contributed by atoms with Crippen LogP contribution in [0.2, 0.25) is 0 Å². The molecule has 0 aromatic heterocycles. The van der Waals surface area contributed by atoms with Gasteiger partial charge in [-0.2, -0.15) is 5.10 Å². The predicted octanol–water partition coefficient (Wildman–Crippen LogP) is 4.22. The van der Waals surface area contributed by atoms with E-state index in [1.807, 2.05) is 30.3 Å². The fraction of sp³-hybridized carbons (Fsp3) is 0.0417. The summed E-state index contributed by atoms with van der Waals surface area (Å²) in [6, 6.07) is 19.7. The molecule has 0 atom stereocenters. The Morgan fingerprint density at radius 1 is 0.935 bits per heavy atom. The molecule has 0 heterocycles. The van der Waals surface area contributed by atoms with E-state index in [-0.39, 0.29) is 11.3 Å². The van der Waals surface area contributed by atoms with Crippen LogP contribution in [-0.4, -0.2) is 25.2 Å². The van der Waals surface area contributed by atoms with Gasteiger partial charge >= 0.3 is 5.97 Å². The maximum absolute atomic E-state index is 13.6. The van der Waals surface area contributed by atoms with Crippen molar-refractivity contribution in [1.29, 1.82) is 0 Å². The second-order valence-corrected chi connectivity index (χ2v) is 6.25. The van der Waals surface area contributed by atoms with Crippen LogP contribution in [0.3, 0.4) is 0 Å². The average molecular weight is 418 g/mol. The second-order valence-electron chi connectivity index (χ2n) is 6.25. The van der Waals surface area contributed by atoms with Crippen molar-refractivity contribution < 1.29 is 23.5 Å². The number of amides is 1. The average Bonchev–Trinajstić information content (AvgIpc) is 2.79. The first-order valence-corrected chi connectivity index (χ1v) is 9.28. The van der Waals surface area contributed by atoms with Gasteiger partial charge in [-0.05, 0) is 47.5 Å². The monoisotopic (exact) mass is 418 g/mol. The molecule has 1 amide bonds. The van der Waals surface area contributed by atoms with Crippen molar-refractivity contribution in [3.05, 3.63) is 101 Å². The maximum atomic E-state index is 13.6. The van der Waals surface area contributed by atoms with Gasteiger partial charge in [-0.15, -0.1) is 0 Å². The molecule has 0 aliphatic rings. The third-order valence-electron chi connectivity index (χ3n) is 4.11. The first kappa shape index (κ1) is 21.4. The van der Waals surface area contributed by atoms with E-state index in [0.29, 0.717) is 11.3 Å². The van der Waals surface area contributed by atoms with Gasteiger partial charge in [-0.1, -0.05) is 42.5 Å². The fourth-order valence-corrected chi connectivity index (χ4v) is 2.59. The van der Waals surface area contributed by atoms with Crippen molar-refractivity contribution >= 4 is 24.2 Å². The number of nitrogens with zero attached hydrogens (tertiary/aromatic N) is 1. The van der Waals surface area contributed by atoms with Crippen LogP contribution in [0, 0.1) is 5.82 Å². The van der Waals surface area contributed by atoms with Crippen molar-refractivity contribution in [2.75, 3.05) is 7.11 Å². The Hall–Kier alpha value is -4.26. The van der Waals surface area contributed by atoms with E-state index in [1.54, 1.807) is 30.3 Å². The highest BCUT2D eigenvalue weighted by Crippen LogP contribution is 2.27. The normalized spacial score (nSPS) is 10.9. The Morgan fingerprint density at radius 3 is 2.42 bits per heavy atom. The first-order valence-electron chi connectivity index (χ1n) is 9.28. The van der Waals surface area contributed by atoms with E-state index in [0.717, 1.165) is 5.56 Å². The van der Waals surface area contributed by atoms with E-state index < -0.39 is 17.7 Å². The molecule has 0 unspecified atom stereocenters. The first-order chi connectivity index (χ1) is 15.1. The van der Waals surface area contributed by atoms with Gasteiger partial charge in [0.15, 0.2) is 11.5 Å². The lowest BCUT2D eigenvalue weighted by Gasteiger charge is -2.08. The van der Waals surface area contributed by atoms with Gasteiger partial charge in [-0.3, -0.25) is 4.79 Å². The molecule has 0 aliphatic heterocycles. The molecule has 3 aromatic rings. The van der Waals surface area contributed by atoms with Gasteiger partial charge in [0.05, 0.1) is 18.9 Å². The van der Waals surface area contributed by atoms with Gasteiger partial charge in [0, 0.05) is 6.08 Å². The molecular weight excluding hydrogens is 399 g/mol. The third-order valence-corrected chi connectivity index (χ3v) is 4.11.